The van der Waals surface area contributed by atoms with Crippen LogP contribution in [0.25, 0.3) is 0 Å². The molecular weight excluding hydrogens is 558 g/mol. The molecule has 0 aromatic heterocycles. The van der Waals surface area contributed by atoms with E-state index in [0.717, 1.165) is 31.2 Å². The Bertz CT molecular complexity index is 1270. The topological polar surface area (TPSA) is 119 Å². The van der Waals surface area contributed by atoms with E-state index >= 15 is 0 Å². The second-order valence-electron chi connectivity index (χ2n) is 11.4. The van der Waals surface area contributed by atoms with Gasteiger partial charge in [-0.05, 0) is 80.0 Å². The summed E-state index contributed by atoms with van der Waals surface area (Å²) < 4.78 is 5.85. The first kappa shape index (κ1) is 31.5. The quantitative estimate of drug-likeness (QED) is 0.348. The highest BCUT2D eigenvalue weighted by atomic mass is 35.5. The van der Waals surface area contributed by atoms with Gasteiger partial charge in [0, 0.05) is 26.2 Å². The lowest BCUT2D eigenvalue weighted by Gasteiger charge is -2.52. The Kier molecular flexibility index (Phi) is 10.3. The molecule has 1 aliphatic carbocycles. The number of benzene rings is 2. The molecule has 2 aliphatic heterocycles. The molecule has 2 aromatic rings. The van der Waals surface area contributed by atoms with Crippen molar-refractivity contribution in [2.45, 2.75) is 69.7 Å². The molecule has 1 spiro atoms. The average Bonchev–Trinajstić information content (AvgIpc) is 3.52. The lowest BCUT2D eigenvalue weighted by Crippen LogP contribution is -2.75. The van der Waals surface area contributed by atoms with Crippen LogP contribution in [-0.4, -0.2) is 75.1 Å². The molecule has 9 nitrogen and oxygen atoms in total. The van der Waals surface area contributed by atoms with Crippen LogP contribution in [0.3, 0.4) is 0 Å². The van der Waals surface area contributed by atoms with Crippen molar-refractivity contribution in [1.29, 1.82) is 0 Å². The Hall–Kier alpha value is -3.40. The van der Waals surface area contributed by atoms with Gasteiger partial charge in [0.05, 0.1) is 11.7 Å². The van der Waals surface area contributed by atoms with Crippen LogP contribution in [0, 0.1) is 5.92 Å². The Balaban J connectivity index is 0.00000405. The fourth-order valence-electron chi connectivity index (χ4n) is 6.20. The number of hydrogen-bond donors (Lipinski definition) is 3. The van der Waals surface area contributed by atoms with E-state index in [4.69, 9.17) is 9.84 Å². The number of carboxylic acid groups (broad SMARTS) is 1. The highest BCUT2D eigenvalue weighted by Crippen LogP contribution is 2.36. The number of rotatable bonds is 10. The van der Waals surface area contributed by atoms with E-state index in [1.807, 2.05) is 36.4 Å². The van der Waals surface area contributed by atoms with Crippen molar-refractivity contribution in [2.24, 2.45) is 5.92 Å². The van der Waals surface area contributed by atoms with E-state index in [1.54, 1.807) is 17.0 Å². The van der Waals surface area contributed by atoms with Crippen LogP contribution in [0.1, 0.15) is 61.4 Å². The van der Waals surface area contributed by atoms with E-state index in [0.29, 0.717) is 50.5 Å². The summed E-state index contributed by atoms with van der Waals surface area (Å²) in [6.45, 7) is 4.67. The van der Waals surface area contributed by atoms with Gasteiger partial charge in [0.25, 0.3) is 0 Å². The van der Waals surface area contributed by atoms with Gasteiger partial charge in [-0.1, -0.05) is 37.6 Å². The lowest BCUT2D eigenvalue weighted by atomic mass is 9.79. The third-order valence-corrected chi connectivity index (χ3v) is 8.71. The van der Waals surface area contributed by atoms with Gasteiger partial charge < -0.3 is 25.2 Å². The zero-order valence-electron chi connectivity index (χ0n) is 23.9. The average molecular weight is 598 g/mol. The predicted octanol–water partition coefficient (Wildman–Crippen LogP) is 4.39. The number of nitrogens with zero attached hydrogens (tertiary/aromatic N) is 2. The molecule has 2 amide bonds. The SMILES string of the molecule is CCCCN1C(=O)[C@@H]([C@H](O)C2CC=CC2)NC(=O)C12CCN(Cc1ccc(Oc3ccc(C(=O)O)cc3)cc1)CC2.Cl. The summed E-state index contributed by atoms with van der Waals surface area (Å²) >= 11 is 0. The van der Waals surface area contributed by atoms with Crippen LogP contribution >= 0.6 is 12.4 Å². The monoisotopic (exact) mass is 597 g/mol. The number of likely N-dealkylation sites (tertiary alicyclic amines) is 1. The van der Waals surface area contributed by atoms with E-state index in [-0.39, 0.29) is 35.7 Å². The van der Waals surface area contributed by atoms with E-state index in [9.17, 15) is 19.5 Å². The third kappa shape index (κ3) is 6.64. The predicted molar refractivity (Wildman–Crippen MR) is 161 cm³/mol. The summed E-state index contributed by atoms with van der Waals surface area (Å²) in [6, 6.07) is 13.2. The van der Waals surface area contributed by atoms with Crippen molar-refractivity contribution < 1.29 is 29.3 Å². The molecule has 0 radical (unpaired) electrons. The first-order chi connectivity index (χ1) is 19.8. The van der Waals surface area contributed by atoms with Gasteiger partial charge in [0.1, 0.15) is 23.1 Å². The molecule has 2 heterocycles. The van der Waals surface area contributed by atoms with Crippen LogP contribution < -0.4 is 10.1 Å². The summed E-state index contributed by atoms with van der Waals surface area (Å²) in [6.07, 6.45) is 7.45. The molecule has 0 unspecified atom stereocenters. The molecule has 10 heteroatoms. The van der Waals surface area contributed by atoms with Crippen molar-refractivity contribution in [2.75, 3.05) is 19.6 Å². The Morgan fingerprint density at radius 1 is 1.02 bits per heavy atom. The smallest absolute Gasteiger partial charge is 0.335 e. The van der Waals surface area contributed by atoms with Crippen LogP contribution in [0.4, 0.5) is 0 Å². The van der Waals surface area contributed by atoms with E-state index < -0.39 is 23.7 Å². The van der Waals surface area contributed by atoms with Crippen molar-refractivity contribution in [3.63, 3.8) is 0 Å². The number of carbonyl (C=O) groups is 3. The minimum atomic E-state index is -0.978. The normalized spacial score (nSPS) is 21.2. The number of allylic oxidation sites excluding steroid dienone is 2. The zero-order chi connectivity index (χ0) is 29.0. The van der Waals surface area contributed by atoms with Crippen LogP contribution in [0.2, 0.25) is 0 Å². The molecule has 0 bridgehead atoms. The molecule has 2 saturated heterocycles. The van der Waals surface area contributed by atoms with Crippen LogP contribution in [-0.2, 0) is 16.1 Å². The minimum absolute atomic E-state index is 0. The highest BCUT2D eigenvalue weighted by Gasteiger charge is 2.55. The van der Waals surface area contributed by atoms with Crippen molar-refractivity contribution in [3.05, 3.63) is 71.8 Å². The molecule has 42 heavy (non-hydrogen) atoms. The maximum atomic E-state index is 13.7. The van der Waals surface area contributed by atoms with Gasteiger partial charge in [-0.3, -0.25) is 14.5 Å². The summed E-state index contributed by atoms with van der Waals surface area (Å²) in [5.41, 5.74) is 0.439. The number of hydrogen-bond acceptors (Lipinski definition) is 6. The summed E-state index contributed by atoms with van der Waals surface area (Å²) in [5.74, 6) is -0.0912. The molecule has 226 valence electrons. The summed E-state index contributed by atoms with van der Waals surface area (Å²) in [7, 11) is 0. The maximum absolute atomic E-state index is 13.7. The van der Waals surface area contributed by atoms with Gasteiger partial charge in [-0.2, -0.15) is 0 Å². The first-order valence-electron chi connectivity index (χ1n) is 14.6. The van der Waals surface area contributed by atoms with Gasteiger partial charge >= 0.3 is 5.97 Å². The van der Waals surface area contributed by atoms with Crippen molar-refractivity contribution in [3.8, 4) is 11.5 Å². The number of aromatic carboxylic acids is 1. The Morgan fingerprint density at radius 3 is 2.19 bits per heavy atom. The summed E-state index contributed by atoms with van der Waals surface area (Å²) in [4.78, 5) is 42.5. The number of unbranched alkanes of at least 4 members (excludes halogenated alkanes) is 1. The Morgan fingerprint density at radius 2 is 1.62 bits per heavy atom. The molecule has 2 fully saturated rings. The van der Waals surface area contributed by atoms with Gasteiger partial charge in [-0.15, -0.1) is 12.4 Å². The first-order valence-corrected chi connectivity index (χ1v) is 14.6. The second-order valence-corrected chi connectivity index (χ2v) is 11.4. The molecule has 3 aliphatic rings. The lowest BCUT2D eigenvalue weighted by molar-refractivity contribution is -0.165. The number of aliphatic hydroxyl groups excluding tert-OH is 1. The minimum Gasteiger partial charge on any atom is -0.478 e. The number of piperidine rings is 1. The maximum Gasteiger partial charge on any atom is 0.335 e. The second kappa shape index (κ2) is 13.7. The largest absolute Gasteiger partial charge is 0.478 e. The van der Waals surface area contributed by atoms with E-state index in [2.05, 4.69) is 17.1 Å². The van der Waals surface area contributed by atoms with Crippen molar-refractivity contribution in [1.82, 2.24) is 15.1 Å². The number of nitrogens with one attached hydrogen (secondary N) is 1. The van der Waals surface area contributed by atoms with Crippen LogP contribution in [0.5, 0.6) is 11.5 Å². The number of carbonyl (C=O) groups excluding carboxylic acids is 2. The van der Waals surface area contributed by atoms with E-state index in [1.165, 1.54) is 12.1 Å². The van der Waals surface area contributed by atoms with Gasteiger partial charge in [0.2, 0.25) is 11.8 Å². The number of piperazine rings is 1. The molecule has 0 saturated carbocycles. The zero-order valence-corrected chi connectivity index (χ0v) is 24.7. The molecule has 2 aromatic carbocycles. The number of amides is 2. The molecule has 3 N–H and O–H groups in total. The number of aliphatic hydroxyl groups is 1. The molecular formula is C32H40ClN3O6. The fraction of sp³-hybridized carbons (Fsp3) is 0.469. The molecule has 5 rings (SSSR count). The van der Waals surface area contributed by atoms with Crippen LogP contribution in [0.15, 0.2) is 60.7 Å². The standard InChI is InChI=1S/C32H39N3O6.ClH/c1-2-3-18-35-29(37)27(28(36)23-6-4-5-7-23)33-31(40)32(35)16-19-34(20-17-32)21-22-8-12-25(13-9-22)41-26-14-10-24(11-15-26)30(38)39;/h4-5,8-15,23,27-28,36H,2-3,6-7,16-21H2,1H3,(H,33,40)(H,38,39);1H/t27-,28-;/m1./s1. The number of halogens is 1. The summed E-state index contributed by atoms with van der Waals surface area (Å²) in [5, 5.41) is 23.0. The van der Waals surface area contributed by atoms with Gasteiger partial charge in [-0.25, -0.2) is 4.79 Å². The van der Waals surface area contributed by atoms with Crippen molar-refractivity contribution >= 4 is 30.2 Å². The highest BCUT2D eigenvalue weighted by molar-refractivity contribution is 6.00. The fourth-order valence-corrected chi connectivity index (χ4v) is 6.20. The Labute approximate surface area is 252 Å². The molecule has 2 atom stereocenters. The number of carboxylic acids is 1. The van der Waals surface area contributed by atoms with Gasteiger partial charge in [0.15, 0.2) is 0 Å². The third-order valence-electron chi connectivity index (χ3n) is 8.71. The number of ether oxygens (including phenoxy) is 1.